The highest BCUT2D eigenvalue weighted by molar-refractivity contribution is 5.92. The fourth-order valence-electron chi connectivity index (χ4n) is 1.99. The van der Waals surface area contributed by atoms with Gasteiger partial charge in [-0.05, 0) is 29.8 Å². The van der Waals surface area contributed by atoms with Crippen LogP contribution in [-0.4, -0.2) is 36.9 Å². The summed E-state index contributed by atoms with van der Waals surface area (Å²) in [7, 11) is 3.14. The number of methoxy groups -OCH3 is 2. The van der Waals surface area contributed by atoms with E-state index in [-0.39, 0.29) is 11.6 Å². The van der Waals surface area contributed by atoms with Gasteiger partial charge in [-0.25, -0.2) is 0 Å². The number of nitrogens with one attached hydrogen (secondary N) is 2. The Morgan fingerprint density at radius 3 is 2.58 bits per heavy atom. The van der Waals surface area contributed by atoms with Crippen molar-refractivity contribution in [2.24, 2.45) is 0 Å². The third kappa shape index (κ3) is 4.45. The lowest BCUT2D eigenvalue weighted by Gasteiger charge is -2.10. The first kappa shape index (κ1) is 17.3. The fourth-order valence-corrected chi connectivity index (χ4v) is 1.99. The third-order valence-corrected chi connectivity index (χ3v) is 3.23. The molecule has 0 saturated heterocycles. The minimum Gasteiger partial charge on any atom is -0.493 e. The van der Waals surface area contributed by atoms with Crippen LogP contribution >= 0.6 is 0 Å². The summed E-state index contributed by atoms with van der Waals surface area (Å²) in [6.45, 7) is 4.53. The molecule has 2 rings (SSSR count). The number of benzene rings is 1. The number of hydrogen-bond donors (Lipinski definition) is 2. The average molecular weight is 328 g/mol. The number of carbonyl (C=O) groups is 1. The fraction of sp³-hybridized carbons (Fsp3) is 0.235. The molecular formula is C17H20N4O3. The van der Waals surface area contributed by atoms with Crippen LogP contribution in [0.5, 0.6) is 11.5 Å². The van der Waals surface area contributed by atoms with Gasteiger partial charge in [-0.1, -0.05) is 12.1 Å². The number of amides is 1. The minimum absolute atomic E-state index is 0.250. The lowest BCUT2D eigenvalue weighted by Crippen LogP contribution is -2.24. The van der Waals surface area contributed by atoms with Gasteiger partial charge in [0.1, 0.15) is 5.82 Å². The maximum Gasteiger partial charge on any atom is 0.272 e. The second-order valence-corrected chi connectivity index (χ2v) is 4.85. The van der Waals surface area contributed by atoms with Crippen LogP contribution in [0.3, 0.4) is 0 Å². The van der Waals surface area contributed by atoms with Crippen molar-refractivity contribution in [2.75, 3.05) is 26.1 Å². The highest BCUT2D eigenvalue weighted by atomic mass is 16.5. The van der Waals surface area contributed by atoms with Crippen LogP contribution in [0, 0.1) is 0 Å². The van der Waals surface area contributed by atoms with Gasteiger partial charge in [-0.15, -0.1) is 16.8 Å². The second kappa shape index (κ2) is 8.52. The van der Waals surface area contributed by atoms with Crippen LogP contribution in [0.1, 0.15) is 16.1 Å². The number of aromatic nitrogens is 2. The molecular weight excluding hydrogens is 308 g/mol. The molecule has 2 aromatic rings. The van der Waals surface area contributed by atoms with Gasteiger partial charge in [0.25, 0.3) is 5.91 Å². The topological polar surface area (TPSA) is 85.4 Å². The van der Waals surface area contributed by atoms with E-state index in [9.17, 15) is 4.79 Å². The first-order valence-corrected chi connectivity index (χ1v) is 7.35. The van der Waals surface area contributed by atoms with Crippen LogP contribution < -0.4 is 20.1 Å². The van der Waals surface area contributed by atoms with Crippen molar-refractivity contribution in [1.82, 2.24) is 15.5 Å². The molecule has 0 aliphatic carbocycles. The van der Waals surface area contributed by atoms with Crippen molar-refractivity contribution in [3.8, 4) is 11.5 Å². The van der Waals surface area contributed by atoms with E-state index in [1.165, 1.54) is 0 Å². The molecule has 24 heavy (non-hydrogen) atoms. The molecule has 7 heteroatoms. The molecule has 0 atom stereocenters. The molecule has 126 valence electrons. The predicted octanol–water partition coefficient (Wildman–Crippen LogP) is 2.02. The van der Waals surface area contributed by atoms with Gasteiger partial charge >= 0.3 is 0 Å². The largest absolute Gasteiger partial charge is 0.493 e. The summed E-state index contributed by atoms with van der Waals surface area (Å²) in [4.78, 5) is 12.1. The van der Waals surface area contributed by atoms with E-state index >= 15 is 0 Å². The van der Waals surface area contributed by atoms with Crippen LogP contribution in [0.2, 0.25) is 0 Å². The van der Waals surface area contributed by atoms with Crippen LogP contribution in [0.4, 0.5) is 5.82 Å². The molecule has 0 aliphatic heterocycles. The van der Waals surface area contributed by atoms with Crippen LogP contribution in [0.15, 0.2) is 43.0 Å². The molecule has 0 radical (unpaired) electrons. The van der Waals surface area contributed by atoms with Crippen LogP contribution in [0.25, 0.3) is 0 Å². The van der Waals surface area contributed by atoms with E-state index in [4.69, 9.17) is 9.47 Å². The molecule has 1 amide bonds. The highest BCUT2D eigenvalue weighted by Gasteiger charge is 2.09. The summed E-state index contributed by atoms with van der Waals surface area (Å²) >= 11 is 0. The van der Waals surface area contributed by atoms with Gasteiger partial charge in [-0.3, -0.25) is 4.79 Å². The van der Waals surface area contributed by atoms with Crippen molar-refractivity contribution in [1.29, 1.82) is 0 Å². The Hall–Kier alpha value is -3.09. The number of hydrogen-bond acceptors (Lipinski definition) is 6. The van der Waals surface area contributed by atoms with E-state index < -0.39 is 0 Å². The van der Waals surface area contributed by atoms with Gasteiger partial charge in [0.2, 0.25) is 0 Å². The molecule has 0 spiro atoms. The Morgan fingerprint density at radius 2 is 1.96 bits per heavy atom. The molecule has 2 N–H and O–H groups in total. The van der Waals surface area contributed by atoms with Crippen LogP contribution in [-0.2, 0) is 6.54 Å². The van der Waals surface area contributed by atoms with Gasteiger partial charge in [0.15, 0.2) is 17.2 Å². The summed E-state index contributed by atoms with van der Waals surface area (Å²) in [6, 6.07) is 8.77. The Kier molecular flexibility index (Phi) is 6.13. The van der Waals surface area contributed by atoms with E-state index in [0.717, 1.165) is 5.56 Å². The summed E-state index contributed by atoms with van der Waals surface area (Å²) in [5.74, 6) is 1.54. The molecule has 0 fully saturated rings. The quantitative estimate of drug-likeness (QED) is 0.721. The number of rotatable bonds is 8. The Bertz CT molecular complexity index is 701. The molecule has 0 bridgehead atoms. The summed E-state index contributed by atoms with van der Waals surface area (Å²) in [6.07, 6.45) is 1.71. The van der Waals surface area contributed by atoms with Gasteiger partial charge < -0.3 is 20.1 Å². The summed E-state index contributed by atoms with van der Waals surface area (Å²) in [5.41, 5.74) is 1.14. The molecule has 1 heterocycles. The Labute approximate surface area is 140 Å². The van der Waals surface area contributed by atoms with Crippen molar-refractivity contribution in [3.05, 3.63) is 54.2 Å². The zero-order chi connectivity index (χ0) is 17.4. The Morgan fingerprint density at radius 1 is 1.17 bits per heavy atom. The standard InChI is InChI=1S/C17H20N4O3/c1-4-9-18-16-8-6-13(20-21-16)17(22)19-11-12-5-7-14(23-2)15(10-12)24-3/h4-8,10H,1,9,11H2,2-3H3,(H,18,21)(H,19,22). The monoisotopic (exact) mass is 328 g/mol. The molecule has 1 aromatic heterocycles. The first-order valence-electron chi connectivity index (χ1n) is 7.35. The zero-order valence-electron chi connectivity index (χ0n) is 13.7. The lowest BCUT2D eigenvalue weighted by atomic mass is 10.2. The lowest BCUT2D eigenvalue weighted by molar-refractivity contribution is 0.0945. The second-order valence-electron chi connectivity index (χ2n) is 4.85. The van der Waals surface area contributed by atoms with E-state index in [1.807, 2.05) is 12.1 Å². The number of carbonyl (C=O) groups excluding carboxylic acids is 1. The van der Waals surface area contributed by atoms with E-state index in [2.05, 4.69) is 27.4 Å². The molecule has 7 nitrogen and oxygen atoms in total. The summed E-state index contributed by atoms with van der Waals surface area (Å²) in [5, 5.41) is 13.6. The number of ether oxygens (including phenoxy) is 2. The third-order valence-electron chi connectivity index (χ3n) is 3.23. The van der Waals surface area contributed by atoms with Crippen molar-refractivity contribution in [2.45, 2.75) is 6.54 Å². The normalized spacial score (nSPS) is 9.92. The van der Waals surface area contributed by atoms with Crippen molar-refractivity contribution in [3.63, 3.8) is 0 Å². The van der Waals surface area contributed by atoms with Gasteiger partial charge in [0.05, 0.1) is 14.2 Å². The number of nitrogens with zero attached hydrogens (tertiary/aromatic N) is 2. The van der Waals surface area contributed by atoms with E-state index in [1.54, 1.807) is 38.5 Å². The summed E-state index contributed by atoms with van der Waals surface area (Å²) < 4.78 is 10.4. The smallest absolute Gasteiger partial charge is 0.272 e. The molecule has 0 saturated carbocycles. The Balaban J connectivity index is 1.96. The van der Waals surface area contributed by atoms with E-state index in [0.29, 0.717) is 30.4 Å². The number of anilines is 1. The predicted molar refractivity (Wildman–Crippen MR) is 91.4 cm³/mol. The SMILES string of the molecule is C=CCNc1ccc(C(=O)NCc2ccc(OC)c(OC)c2)nn1. The molecule has 0 unspecified atom stereocenters. The van der Waals surface area contributed by atoms with Crippen molar-refractivity contribution < 1.29 is 14.3 Å². The first-order chi connectivity index (χ1) is 11.7. The van der Waals surface area contributed by atoms with Gasteiger partial charge in [0, 0.05) is 13.1 Å². The average Bonchev–Trinajstić information content (AvgIpc) is 2.64. The van der Waals surface area contributed by atoms with Crippen molar-refractivity contribution >= 4 is 11.7 Å². The molecule has 1 aromatic carbocycles. The highest BCUT2D eigenvalue weighted by Crippen LogP contribution is 2.27. The molecule has 0 aliphatic rings. The maximum absolute atomic E-state index is 12.1. The minimum atomic E-state index is -0.299. The van der Waals surface area contributed by atoms with Gasteiger partial charge in [-0.2, -0.15) is 0 Å². The maximum atomic E-state index is 12.1. The zero-order valence-corrected chi connectivity index (χ0v) is 13.7.